The third-order valence-electron chi connectivity index (χ3n) is 5.86. The predicted octanol–water partition coefficient (Wildman–Crippen LogP) is 4.35. The molecule has 0 aromatic heterocycles. The fraction of sp³-hybridized carbons (Fsp3) is 0.391. The number of thioether (sulfide) groups is 1. The first kappa shape index (κ1) is 19.8. The van der Waals surface area contributed by atoms with E-state index < -0.39 is 0 Å². The van der Waals surface area contributed by atoms with E-state index in [1.807, 2.05) is 46.2 Å². The average molecular weight is 410 g/mol. The summed E-state index contributed by atoms with van der Waals surface area (Å²) in [6.07, 6.45) is 2.55. The van der Waals surface area contributed by atoms with Gasteiger partial charge < -0.3 is 15.1 Å². The minimum absolute atomic E-state index is 0.0583. The lowest BCUT2D eigenvalue weighted by Gasteiger charge is -2.44. The molecule has 0 saturated carbocycles. The largest absolute Gasteiger partial charge is 0.324 e. The number of urea groups is 1. The number of amides is 3. The number of hydrogen-bond acceptors (Lipinski definition) is 3. The maximum absolute atomic E-state index is 12.7. The van der Waals surface area contributed by atoms with Crippen LogP contribution in [-0.4, -0.2) is 45.5 Å². The van der Waals surface area contributed by atoms with Gasteiger partial charge in [0.25, 0.3) is 0 Å². The molecule has 29 heavy (non-hydrogen) atoms. The van der Waals surface area contributed by atoms with Crippen LogP contribution in [0.15, 0.2) is 54.6 Å². The van der Waals surface area contributed by atoms with Gasteiger partial charge in [-0.15, -0.1) is 11.8 Å². The lowest BCUT2D eigenvalue weighted by molar-refractivity contribution is -0.131. The van der Waals surface area contributed by atoms with E-state index in [9.17, 15) is 9.59 Å². The zero-order valence-electron chi connectivity index (χ0n) is 16.8. The summed E-state index contributed by atoms with van der Waals surface area (Å²) in [5.74, 6) is 0.733. The first-order valence-corrected chi connectivity index (χ1v) is 11.2. The zero-order valence-corrected chi connectivity index (χ0v) is 17.6. The molecule has 0 bridgehead atoms. The van der Waals surface area contributed by atoms with Gasteiger partial charge in [0.05, 0.1) is 10.6 Å². The second-order valence-electron chi connectivity index (χ2n) is 7.67. The highest BCUT2D eigenvalue weighted by Crippen LogP contribution is 2.45. The van der Waals surface area contributed by atoms with E-state index in [1.54, 1.807) is 11.8 Å². The molecule has 0 atom stereocenters. The van der Waals surface area contributed by atoms with Crippen molar-refractivity contribution in [1.82, 2.24) is 9.80 Å². The van der Waals surface area contributed by atoms with Crippen molar-refractivity contribution in [2.45, 2.75) is 37.6 Å². The molecule has 2 aromatic carbocycles. The van der Waals surface area contributed by atoms with E-state index >= 15 is 0 Å². The van der Waals surface area contributed by atoms with Crippen LogP contribution in [-0.2, 0) is 17.8 Å². The number of nitrogens with zero attached hydrogens (tertiary/aromatic N) is 2. The number of carbonyl (C=O) groups excluding carboxylic acids is 2. The summed E-state index contributed by atoms with van der Waals surface area (Å²) >= 11 is 1.74. The molecule has 0 aliphatic carbocycles. The maximum atomic E-state index is 12.7. The van der Waals surface area contributed by atoms with Gasteiger partial charge in [0, 0.05) is 25.3 Å². The van der Waals surface area contributed by atoms with E-state index in [2.05, 4.69) is 30.4 Å². The quantitative estimate of drug-likeness (QED) is 0.817. The van der Waals surface area contributed by atoms with Crippen molar-refractivity contribution in [3.05, 3.63) is 65.7 Å². The molecular formula is C23H27N3O2S. The highest BCUT2D eigenvalue weighted by atomic mass is 32.2. The number of nitrogens with one attached hydrogen (secondary N) is 1. The van der Waals surface area contributed by atoms with Gasteiger partial charge in [0.1, 0.15) is 0 Å². The Labute approximate surface area is 176 Å². The van der Waals surface area contributed by atoms with E-state index in [-0.39, 0.29) is 16.8 Å². The van der Waals surface area contributed by atoms with Crippen molar-refractivity contribution in [1.29, 1.82) is 0 Å². The normalized spacial score (nSPS) is 18.3. The number of hydrogen-bond donors (Lipinski definition) is 1. The van der Waals surface area contributed by atoms with Crippen molar-refractivity contribution < 1.29 is 9.59 Å². The Kier molecular flexibility index (Phi) is 5.81. The van der Waals surface area contributed by atoms with Crippen LogP contribution in [0.4, 0.5) is 10.5 Å². The average Bonchev–Trinajstić information content (AvgIpc) is 3.05. The number of piperidine rings is 1. The summed E-state index contributed by atoms with van der Waals surface area (Å²) in [6.45, 7) is 4.06. The molecule has 0 radical (unpaired) electrons. The summed E-state index contributed by atoms with van der Waals surface area (Å²) in [5.41, 5.74) is 3.20. The van der Waals surface area contributed by atoms with E-state index in [4.69, 9.17) is 0 Å². The third kappa shape index (κ3) is 4.27. The van der Waals surface area contributed by atoms with Crippen LogP contribution < -0.4 is 5.32 Å². The van der Waals surface area contributed by atoms with E-state index in [1.165, 1.54) is 5.56 Å². The predicted molar refractivity (Wildman–Crippen MR) is 118 cm³/mol. The van der Waals surface area contributed by atoms with Crippen LogP contribution in [0.25, 0.3) is 0 Å². The Balaban J connectivity index is 1.39. The molecule has 2 aromatic rings. The lowest BCUT2D eigenvalue weighted by Crippen LogP contribution is -2.53. The number of carbonyl (C=O) groups is 2. The number of aryl methyl sites for hydroxylation is 1. The lowest BCUT2D eigenvalue weighted by atomic mass is 10.0. The summed E-state index contributed by atoms with van der Waals surface area (Å²) in [7, 11) is 0. The van der Waals surface area contributed by atoms with Gasteiger partial charge >= 0.3 is 6.03 Å². The van der Waals surface area contributed by atoms with Crippen LogP contribution >= 0.6 is 11.8 Å². The van der Waals surface area contributed by atoms with Crippen LogP contribution in [0.2, 0.25) is 0 Å². The highest BCUT2D eigenvalue weighted by molar-refractivity contribution is 8.01. The fourth-order valence-corrected chi connectivity index (χ4v) is 5.46. The Morgan fingerprint density at radius 2 is 1.79 bits per heavy atom. The van der Waals surface area contributed by atoms with Crippen LogP contribution in [0.3, 0.4) is 0 Å². The van der Waals surface area contributed by atoms with Crippen molar-refractivity contribution in [3.63, 3.8) is 0 Å². The Morgan fingerprint density at radius 1 is 1.07 bits per heavy atom. The topological polar surface area (TPSA) is 52.7 Å². The van der Waals surface area contributed by atoms with Gasteiger partial charge in [-0.25, -0.2) is 4.79 Å². The van der Waals surface area contributed by atoms with Crippen LogP contribution in [0.1, 0.15) is 30.9 Å². The molecule has 6 heteroatoms. The van der Waals surface area contributed by atoms with E-state index in [0.29, 0.717) is 25.4 Å². The molecule has 3 amide bonds. The fourth-order valence-electron chi connectivity index (χ4n) is 4.12. The molecule has 152 valence electrons. The Hall–Kier alpha value is -2.47. The Bertz CT molecular complexity index is 879. The minimum Gasteiger partial charge on any atom is -0.324 e. The molecule has 5 nitrogen and oxygen atoms in total. The molecule has 2 fully saturated rings. The molecular weight excluding hydrogens is 382 g/mol. The molecule has 2 heterocycles. The maximum Gasteiger partial charge on any atom is 0.321 e. The van der Waals surface area contributed by atoms with Gasteiger partial charge in [0.2, 0.25) is 5.91 Å². The third-order valence-corrected chi connectivity index (χ3v) is 7.42. The van der Waals surface area contributed by atoms with Gasteiger partial charge in [0.15, 0.2) is 0 Å². The summed E-state index contributed by atoms with van der Waals surface area (Å²) in [4.78, 5) is 29.0. The van der Waals surface area contributed by atoms with Crippen LogP contribution in [0, 0.1) is 0 Å². The van der Waals surface area contributed by atoms with Crippen molar-refractivity contribution in [3.8, 4) is 0 Å². The van der Waals surface area contributed by atoms with Gasteiger partial charge in [-0.3, -0.25) is 4.79 Å². The van der Waals surface area contributed by atoms with Gasteiger partial charge in [-0.05, 0) is 42.5 Å². The highest BCUT2D eigenvalue weighted by Gasteiger charge is 2.48. The minimum atomic E-state index is -0.189. The molecule has 2 saturated heterocycles. The second-order valence-corrected chi connectivity index (χ2v) is 9.01. The first-order valence-electron chi connectivity index (χ1n) is 10.2. The van der Waals surface area contributed by atoms with Crippen molar-refractivity contribution >= 4 is 29.4 Å². The number of likely N-dealkylation sites (tertiary alicyclic amines) is 1. The van der Waals surface area contributed by atoms with Gasteiger partial charge in [-0.2, -0.15) is 0 Å². The number of benzene rings is 2. The molecule has 4 rings (SSSR count). The van der Waals surface area contributed by atoms with Crippen LogP contribution in [0.5, 0.6) is 0 Å². The zero-order chi connectivity index (χ0) is 20.3. The van der Waals surface area contributed by atoms with Gasteiger partial charge in [-0.1, -0.05) is 49.4 Å². The SMILES string of the molecule is CCc1cccc(NC(=O)N2CCC3(CC2)SCC(=O)N3Cc2ccccc2)c1. The molecule has 1 spiro atoms. The second kappa shape index (κ2) is 8.49. The first-order chi connectivity index (χ1) is 14.1. The van der Waals surface area contributed by atoms with Crippen molar-refractivity contribution in [2.75, 3.05) is 24.2 Å². The summed E-state index contributed by atoms with van der Waals surface area (Å²) < 4.78 is 0. The number of rotatable bonds is 4. The molecule has 0 unspecified atom stereocenters. The van der Waals surface area contributed by atoms with Crippen molar-refractivity contribution in [2.24, 2.45) is 0 Å². The molecule has 2 aliphatic rings. The number of anilines is 1. The molecule has 2 aliphatic heterocycles. The summed E-state index contributed by atoms with van der Waals surface area (Å²) in [5, 5.41) is 3.02. The standard InChI is InChI=1S/C23H27N3O2S/c1-2-18-9-6-10-20(15-18)24-22(28)25-13-11-23(12-14-25)26(21(27)17-29-23)16-19-7-4-3-5-8-19/h3-10,15H,2,11-14,16-17H2,1H3,(H,24,28). The summed E-state index contributed by atoms with van der Waals surface area (Å²) in [6, 6.07) is 18.1. The van der Waals surface area contributed by atoms with E-state index in [0.717, 1.165) is 30.5 Å². The molecule has 1 N–H and O–H groups in total. The smallest absolute Gasteiger partial charge is 0.321 e. The Morgan fingerprint density at radius 3 is 2.52 bits per heavy atom. The monoisotopic (exact) mass is 409 g/mol.